The molecule has 1 unspecified atom stereocenters. The molecule has 2 N–H and O–H groups in total. The molecule has 1 fully saturated rings. The van der Waals surface area contributed by atoms with Crippen molar-refractivity contribution in [1.29, 1.82) is 0 Å². The van der Waals surface area contributed by atoms with Crippen LogP contribution in [0.3, 0.4) is 0 Å². The number of amides is 1. The Hall–Kier alpha value is -1.66. The van der Waals surface area contributed by atoms with Crippen molar-refractivity contribution < 1.29 is 13.9 Å². The third kappa shape index (κ3) is 3.08. The van der Waals surface area contributed by atoms with Crippen LogP contribution in [0.15, 0.2) is 18.2 Å². The van der Waals surface area contributed by atoms with Gasteiger partial charge in [-0.15, -0.1) is 0 Å². The Bertz CT molecular complexity index is 493. The molecule has 1 aromatic carbocycles. The fraction of sp³-hybridized carbons (Fsp3) is 0.500. The van der Waals surface area contributed by atoms with E-state index in [1.165, 1.54) is 12.1 Å². The molecular formula is C14H20FN3O2. The van der Waals surface area contributed by atoms with Crippen molar-refractivity contribution in [2.45, 2.75) is 12.1 Å². The van der Waals surface area contributed by atoms with E-state index in [4.69, 9.17) is 4.74 Å². The van der Waals surface area contributed by atoms with Gasteiger partial charge in [0.05, 0.1) is 17.7 Å². The fourth-order valence-electron chi connectivity index (χ4n) is 2.26. The Labute approximate surface area is 118 Å². The minimum Gasteiger partial charge on any atom is -0.378 e. The van der Waals surface area contributed by atoms with E-state index in [9.17, 15) is 9.18 Å². The highest BCUT2D eigenvalue weighted by atomic mass is 19.1. The lowest BCUT2D eigenvalue weighted by atomic mass is 10.1. The predicted molar refractivity (Wildman–Crippen MR) is 75.6 cm³/mol. The van der Waals surface area contributed by atoms with Crippen LogP contribution in [0.2, 0.25) is 0 Å². The third-order valence-corrected chi connectivity index (χ3v) is 3.49. The molecular weight excluding hydrogens is 261 g/mol. The molecule has 2 atom stereocenters. The van der Waals surface area contributed by atoms with Gasteiger partial charge < -0.3 is 20.3 Å². The van der Waals surface area contributed by atoms with E-state index >= 15 is 0 Å². The first-order valence-electron chi connectivity index (χ1n) is 6.54. The van der Waals surface area contributed by atoms with Gasteiger partial charge in [-0.05, 0) is 18.2 Å². The summed E-state index contributed by atoms with van der Waals surface area (Å²) in [7, 11) is 5.24. The molecule has 0 aliphatic carbocycles. The SMILES string of the molecule is CO[C@H]1CNCC1NC(=O)c1ccc(N(C)C)cc1F. The van der Waals surface area contributed by atoms with Crippen LogP contribution in [-0.2, 0) is 4.74 Å². The maximum atomic E-state index is 14.0. The number of hydrogen-bond acceptors (Lipinski definition) is 4. The first kappa shape index (κ1) is 14.7. The maximum absolute atomic E-state index is 14.0. The van der Waals surface area contributed by atoms with Gasteiger partial charge in [0.15, 0.2) is 0 Å². The van der Waals surface area contributed by atoms with Crippen molar-refractivity contribution in [2.75, 3.05) is 39.2 Å². The first-order chi connectivity index (χ1) is 9.52. The van der Waals surface area contributed by atoms with Crippen molar-refractivity contribution in [3.05, 3.63) is 29.6 Å². The molecule has 0 saturated carbocycles. The van der Waals surface area contributed by atoms with E-state index in [1.54, 1.807) is 18.1 Å². The van der Waals surface area contributed by atoms with E-state index in [2.05, 4.69) is 10.6 Å². The second-order valence-corrected chi connectivity index (χ2v) is 5.07. The Balaban J connectivity index is 2.09. The monoisotopic (exact) mass is 281 g/mol. The third-order valence-electron chi connectivity index (χ3n) is 3.49. The zero-order valence-corrected chi connectivity index (χ0v) is 11.9. The molecule has 0 spiro atoms. The Morgan fingerprint density at radius 2 is 2.20 bits per heavy atom. The van der Waals surface area contributed by atoms with Gasteiger partial charge in [-0.3, -0.25) is 4.79 Å². The second kappa shape index (κ2) is 6.19. The molecule has 1 amide bonds. The zero-order chi connectivity index (χ0) is 14.7. The molecule has 1 heterocycles. The van der Waals surface area contributed by atoms with Crippen LogP contribution in [-0.4, -0.2) is 52.3 Å². The summed E-state index contributed by atoms with van der Waals surface area (Å²) in [6, 6.07) is 4.44. The van der Waals surface area contributed by atoms with E-state index in [0.29, 0.717) is 13.1 Å². The van der Waals surface area contributed by atoms with Gasteiger partial charge in [0.2, 0.25) is 0 Å². The molecule has 0 radical (unpaired) electrons. The molecule has 6 heteroatoms. The molecule has 0 aromatic heterocycles. The van der Waals surface area contributed by atoms with Gasteiger partial charge in [0, 0.05) is 40.0 Å². The van der Waals surface area contributed by atoms with Crippen molar-refractivity contribution >= 4 is 11.6 Å². The minimum atomic E-state index is -0.520. The van der Waals surface area contributed by atoms with E-state index in [-0.39, 0.29) is 17.7 Å². The summed E-state index contributed by atoms with van der Waals surface area (Å²) >= 11 is 0. The summed E-state index contributed by atoms with van der Waals surface area (Å²) in [5, 5.41) is 5.93. The number of methoxy groups -OCH3 is 1. The molecule has 5 nitrogen and oxygen atoms in total. The van der Waals surface area contributed by atoms with Gasteiger partial charge >= 0.3 is 0 Å². The number of ether oxygens (including phenoxy) is 1. The quantitative estimate of drug-likeness (QED) is 0.849. The second-order valence-electron chi connectivity index (χ2n) is 5.07. The first-order valence-corrected chi connectivity index (χ1v) is 6.54. The number of hydrogen-bond donors (Lipinski definition) is 2. The average Bonchev–Trinajstić information content (AvgIpc) is 2.85. The molecule has 20 heavy (non-hydrogen) atoms. The number of nitrogens with one attached hydrogen (secondary N) is 2. The summed E-state index contributed by atoms with van der Waals surface area (Å²) in [6.07, 6.45) is -0.0805. The van der Waals surface area contributed by atoms with Crippen molar-refractivity contribution in [1.82, 2.24) is 10.6 Å². The summed E-state index contributed by atoms with van der Waals surface area (Å²) in [6.45, 7) is 1.31. The largest absolute Gasteiger partial charge is 0.378 e. The maximum Gasteiger partial charge on any atom is 0.254 e. The van der Waals surface area contributed by atoms with Gasteiger partial charge in [0.25, 0.3) is 5.91 Å². The van der Waals surface area contributed by atoms with Crippen LogP contribution >= 0.6 is 0 Å². The molecule has 1 aromatic rings. The lowest BCUT2D eigenvalue weighted by Gasteiger charge is -2.19. The lowest BCUT2D eigenvalue weighted by Crippen LogP contribution is -2.43. The van der Waals surface area contributed by atoms with Crippen LogP contribution in [0.25, 0.3) is 0 Å². The number of anilines is 1. The summed E-state index contributed by atoms with van der Waals surface area (Å²) in [4.78, 5) is 13.9. The standard InChI is InChI=1S/C14H20FN3O2/c1-18(2)9-4-5-10(11(15)6-9)14(19)17-12-7-16-8-13(12)20-3/h4-6,12-13,16H,7-8H2,1-3H3,(H,17,19)/t12?,13-/m0/s1. The molecule has 2 rings (SSSR count). The van der Waals surface area contributed by atoms with Crippen molar-refractivity contribution in [2.24, 2.45) is 0 Å². The van der Waals surface area contributed by atoms with E-state index in [0.717, 1.165) is 5.69 Å². The highest BCUT2D eigenvalue weighted by Crippen LogP contribution is 2.17. The van der Waals surface area contributed by atoms with E-state index < -0.39 is 11.7 Å². The van der Waals surface area contributed by atoms with Gasteiger partial charge in [-0.25, -0.2) is 4.39 Å². The number of carbonyl (C=O) groups is 1. The predicted octanol–water partition coefficient (Wildman–Crippen LogP) is 0.608. The zero-order valence-electron chi connectivity index (χ0n) is 11.9. The topological polar surface area (TPSA) is 53.6 Å². The fourth-order valence-corrected chi connectivity index (χ4v) is 2.26. The van der Waals surface area contributed by atoms with E-state index in [1.807, 2.05) is 14.1 Å². The van der Waals surface area contributed by atoms with Gasteiger partial charge in [-0.2, -0.15) is 0 Å². The number of carbonyl (C=O) groups excluding carboxylic acids is 1. The summed E-state index contributed by atoms with van der Waals surface area (Å²) in [5.41, 5.74) is 0.772. The van der Waals surface area contributed by atoms with Crippen LogP contribution < -0.4 is 15.5 Å². The lowest BCUT2D eigenvalue weighted by molar-refractivity contribution is 0.0777. The van der Waals surface area contributed by atoms with Crippen LogP contribution in [0, 0.1) is 5.82 Å². The van der Waals surface area contributed by atoms with Crippen LogP contribution in [0.5, 0.6) is 0 Å². The van der Waals surface area contributed by atoms with Gasteiger partial charge in [-0.1, -0.05) is 0 Å². The smallest absolute Gasteiger partial charge is 0.254 e. The Kier molecular flexibility index (Phi) is 4.57. The average molecular weight is 281 g/mol. The number of rotatable bonds is 4. The summed E-state index contributed by atoms with van der Waals surface area (Å²) in [5.74, 6) is -0.933. The van der Waals surface area contributed by atoms with Crippen molar-refractivity contribution in [3.63, 3.8) is 0 Å². The Morgan fingerprint density at radius 3 is 2.80 bits per heavy atom. The molecule has 1 aliphatic rings. The highest BCUT2D eigenvalue weighted by Gasteiger charge is 2.29. The molecule has 0 bridgehead atoms. The van der Waals surface area contributed by atoms with Gasteiger partial charge in [0.1, 0.15) is 5.82 Å². The van der Waals surface area contributed by atoms with Crippen molar-refractivity contribution in [3.8, 4) is 0 Å². The van der Waals surface area contributed by atoms with Crippen LogP contribution in [0.1, 0.15) is 10.4 Å². The number of nitrogens with zero attached hydrogens (tertiary/aromatic N) is 1. The molecule has 1 saturated heterocycles. The van der Waals surface area contributed by atoms with Crippen LogP contribution in [0.4, 0.5) is 10.1 Å². The number of halogens is 1. The highest BCUT2D eigenvalue weighted by molar-refractivity contribution is 5.95. The number of benzene rings is 1. The summed E-state index contributed by atoms with van der Waals surface area (Å²) < 4.78 is 19.2. The molecule has 110 valence electrons. The minimum absolute atomic E-state index is 0.0531. The Morgan fingerprint density at radius 1 is 1.45 bits per heavy atom. The molecule has 1 aliphatic heterocycles. The normalized spacial score (nSPS) is 21.8.